The number of carbonyl (C=O) groups is 4. The van der Waals surface area contributed by atoms with E-state index in [9.17, 15) is 24.3 Å². The quantitative estimate of drug-likeness (QED) is 0.314. The van der Waals surface area contributed by atoms with E-state index >= 15 is 0 Å². The van der Waals surface area contributed by atoms with Gasteiger partial charge in [0.1, 0.15) is 11.6 Å². The van der Waals surface area contributed by atoms with Crippen LogP contribution in [0.1, 0.15) is 52.9 Å². The predicted octanol–water partition coefficient (Wildman–Crippen LogP) is 3.39. The topological polar surface area (TPSA) is 118 Å². The van der Waals surface area contributed by atoms with E-state index in [1.54, 1.807) is 30.4 Å². The summed E-state index contributed by atoms with van der Waals surface area (Å²) < 4.78 is 5.34. The molecular weight excluding hydrogens is 428 g/mol. The first kappa shape index (κ1) is 27.0. The van der Waals surface area contributed by atoms with Gasteiger partial charge in [0, 0.05) is 40.8 Å². The molecule has 1 aliphatic rings. The Kier molecular flexibility index (Phi) is 12.7. The molecule has 0 amide bonds. The van der Waals surface area contributed by atoms with E-state index < -0.39 is 23.8 Å². The zero-order chi connectivity index (χ0) is 22.7. The highest BCUT2D eigenvalue weighted by molar-refractivity contribution is 8.04. The summed E-state index contributed by atoms with van der Waals surface area (Å²) in [6, 6.07) is 0. The van der Waals surface area contributed by atoms with Crippen molar-refractivity contribution in [3.05, 3.63) is 0 Å². The van der Waals surface area contributed by atoms with Crippen molar-refractivity contribution in [2.75, 3.05) is 24.7 Å². The maximum Gasteiger partial charge on any atom is 0.307 e. The minimum absolute atomic E-state index is 0.0255. The van der Waals surface area contributed by atoms with E-state index in [0.29, 0.717) is 34.8 Å². The number of thioether (sulfide) groups is 2. The normalized spacial score (nSPS) is 21.3. The molecule has 1 fully saturated rings. The Morgan fingerprint density at radius 3 is 1.97 bits per heavy atom. The molecular formula is C21H34O7S2. The van der Waals surface area contributed by atoms with E-state index in [0.717, 1.165) is 12.8 Å². The zero-order valence-electron chi connectivity index (χ0n) is 18.0. The van der Waals surface area contributed by atoms with Crippen LogP contribution in [-0.4, -0.2) is 68.9 Å². The maximum absolute atomic E-state index is 12.4. The molecule has 5 unspecified atom stereocenters. The lowest BCUT2D eigenvalue weighted by atomic mass is 9.97. The zero-order valence-corrected chi connectivity index (χ0v) is 19.6. The van der Waals surface area contributed by atoms with Crippen molar-refractivity contribution in [1.29, 1.82) is 0 Å². The molecule has 0 aliphatic heterocycles. The van der Waals surface area contributed by atoms with Gasteiger partial charge in [-0.05, 0) is 26.2 Å². The summed E-state index contributed by atoms with van der Waals surface area (Å²) in [5.74, 6) is -2.39. The van der Waals surface area contributed by atoms with E-state index in [2.05, 4.69) is 0 Å². The molecule has 30 heavy (non-hydrogen) atoms. The summed E-state index contributed by atoms with van der Waals surface area (Å²) in [5, 5.41) is 19.3. The van der Waals surface area contributed by atoms with E-state index in [4.69, 9.17) is 9.84 Å². The fraction of sp³-hybridized carbons (Fsp3) is 0.810. The van der Waals surface area contributed by atoms with Crippen LogP contribution in [0.25, 0.3) is 0 Å². The molecule has 1 aliphatic carbocycles. The van der Waals surface area contributed by atoms with Crippen LogP contribution in [0.3, 0.4) is 0 Å². The van der Waals surface area contributed by atoms with Gasteiger partial charge in [0.15, 0.2) is 0 Å². The molecule has 5 atom stereocenters. The minimum atomic E-state index is -0.971. The number of aliphatic carboxylic acids is 2. The van der Waals surface area contributed by atoms with Crippen LogP contribution in [-0.2, 0) is 23.9 Å². The standard InChI is InChI=1S/C21H34O7S2/c1-4-15(20(24)25)11-29-18-5-6-19(18)30-12-16(21(26)27)9-17(23)13(2)10-28-8-7-14(3)22/h13,15-16,18-19H,4-12H2,1-3H3,(H,24,25)(H,26,27). The number of ether oxygens (including phenoxy) is 1. The van der Waals surface area contributed by atoms with Gasteiger partial charge in [-0.25, -0.2) is 0 Å². The summed E-state index contributed by atoms with van der Waals surface area (Å²) in [5.41, 5.74) is 0. The van der Waals surface area contributed by atoms with Gasteiger partial charge in [0.05, 0.1) is 25.0 Å². The molecule has 0 radical (unpaired) electrons. The second-order valence-corrected chi connectivity index (χ2v) is 10.4. The highest BCUT2D eigenvalue weighted by Crippen LogP contribution is 2.41. The van der Waals surface area contributed by atoms with Crippen molar-refractivity contribution in [3.63, 3.8) is 0 Å². The highest BCUT2D eigenvalue weighted by atomic mass is 32.2. The summed E-state index contributed by atoms with van der Waals surface area (Å²) in [6.07, 6.45) is 2.89. The average molecular weight is 463 g/mol. The minimum Gasteiger partial charge on any atom is -0.481 e. The monoisotopic (exact) mass is 462 g/mol. The molecule has 0 heterocycles. The molecule has 172 valence electrons. The summed E-state index contributed by atoms with van der Waals surface area (Å²) >= 11 is 3.25. The fourth-order valence-electron chi connectivity index (χ4n) is 2.89. The van der Waals surface area contributed by atoms with Crippen LogP contribution in [0.15, 0.2) is 0 Å². The Morgan fingerprint density at radius 2 is 1.53 bits per heavy atom. The molecule has 0 aromatic rings. The highest BCUT2D eigenvalue weighted by Gasteiger charge is 2.34. The third-order valence-electron chi connectivity index (χ3n) is 5.33. The number of carboxylic acid groups (broad SMARTS) is 2. The number of carbonyl (C=O) groups excluding carboxylic acids is 2. The van der Waals surface area contributed by atoms with E-state index in [1.165, 1.54) is 6.92 Å². The van der Waals surface area contributed by atoms with Gasteiger partial charge in [-0.3, -0.25) is 19.2 Å². The van der Waals surface area contributed by atoms with E-state index in [-0.39, 0.29) is 37.1 Å². The van der Waals surface area contributed by atoms with Gasteiger partial charge in [0.25, 0.3) is 0 Å². The van der Waals surface area contributed by atoms with Crippen LogP contribution in [0.4, 0.5) is 0 Å². The van der Waals surface area contributed by atoms with Crippen LogP contribution in [0.2, 0.25) is 0 Å². The first-order chi connectivity index (χ1) is 14.1. The molecule has 1 saturated carbocycles. The van der Waals surface area contributed by atoms with Crippen molar-refractivity contribution < 1.29 is 34.1 Å². The summed E-state index contributed by atoms with van der Waals surface area (Å²) in [7, 11) is 0. The van der Waals surface area contributed by atoms with Gasteiger partial charge in [-0.2, -0.15) is 23.5 Å². The lowest BCUT2D eigenvalue weighted by Gasteiger charge is -2.36. The molecule has 0 bridgehead atoms. The molecule has 0 saturated heterocycles. The molecule has 9 heteroatoms. The Hall–Kier alpha value is -1.06. The third kappa shape index (κ3) is 9.83. The Morgan fingerprint density at radius 1 is 1.00 bits per heavy atom. The number of hydrogen-bond acceptors (Lipinski definition) is 7. The first-order valence-corrected chi connectivity index (χ1v) is 12.5. The maximum atomic E-state index is 12.4. The van der Waals surface area contributed by atoms with Gasteiger partial charge in [0.2, 0.25) is 0 Å². The smallest absolute Gasteiger partial charge is 0.307 e. The number of ketones is 2. The van der Waals surface area contributed by atoms with Gasteiger partial charge in [-0.1, -0.05) is 13.8 Å². The van der Waals surface area contributed by atoms with Crippen molar-refractivity contribution in [2.45, 2.75) is 63.4 Å². The SMILES string of the molecule is CCC(CSC1CCC1SCC(CC(=O)C(C)COCCC(C)=O)C(=O)O)C(=O)O. The van der Waals surface area contributed by atoms with Crippen LogP contribution in [0, 0.1) is 17.8 Å². The molecule has 1 rings (SSSR count). The van der Waals surface area contributed by atoms with Crippen molar-refractivity contribution in [3.8, 4) is 0 Å². The largest absolute Gasteiger partial charge is 0.481 e. The molecule has 7 nitrogen and oxygen atoms in total. The summed E-state index contributed by atoms with van der Waals surface area (Å²) in [6.45, 7) is 5.53. The van der Waals surface area contributed by atoms with Crippen molar-refractivity contribution in [1.82, 2.24) is 0 Å². The molecule has 0 aromatic carbocycles. The van der Waals surface area contributed by atoms with Crippen LogP contribution >= 0.6 is 23.5 Å². The Balaban J connectivity index is 2.39. The average Bonchev–Trinajstić information content (AvgIpc) is 2.65. The van der Waals surface area contributed by atoms with Gasteiger partial charge in [-0.15, -0.1) is 0 Å². The number of rotatable bonds is 17. The number of hydrogen-bond donors (Lipinski definition) is 2. The third-order valence-corrected chi connectivity index (χ3v) is 8.67. The van der Waals surface area contributed by atoms with Gasteiger partial charge < -0.3 is 14.9 Å². The van der Waals surface area contributed by atoms with Crippen LogP contribution in [0.5, 0.6) is 0 Å². The molecule has 0 spiro atoms. The van der Waals surface area contributed by atoms with Crippen LogP contribution < -0.4 is 0 Å². The van der Waals surface area contributed by atoms with Crippen molar-refractivity contribution >= 4 is 47.0 Å². The van der Waals surface area contributed by atoms with E-state index in [1.807, 2.05) is 6.92 Å². The number of Topliss-reactive ketones (excluding diaryl/α,β-unsaturated/α-hetero) is 2. The van der Waals surface area contributed by atoms with Crippen molar-refractivity contribution in [2.24, 2.45) is 17.8 Å². The Labute approximate surface area is 187 Å². The first-order valence-electron chi connectivity index (χ1n) is 10.4. The molecule has 2 N–H and O–H groups in total. The fourth-order valence-corrected chi connectivity index (χ4v) is 6.27. The lowest BCUT2D eigenvalue weighted by molar-refractivity contribution is -0.143. The summed E-state index contributed by atoms with van der Waals surface area (Å²) in [4.78, 5) is 46.0. The Bertz CT molecular complexity index is 596. The predicted molar refractivity (Wildman–Crippen MR) is 119 cm³/mol. The van der Waals surface area contributed by atoms with Gasteiger partial charge >= 0.3 is 11.9 Å². The second-order valence-electron chi connectivity index (χ2n) is 7.90. The second kappa shape index (κ2) is 14.1. The lowest BCUT2D eigenvalue weighted by Crippen LogP contribution is -2.34. The molecule has 0 aromatic heterocycles. The number of carboxylic acids is 2.